The van der Waals surface area contributed by atoms with Gasteiger partial charge >= 0.3 is 0 Å². The summed E-state index contributed by atoms with van der Waals surface area (Å²) < 4.78 is 0. The fraction of sp³-hybridized carbons (Fsp3) is 0.935. The van der Waals surface area contributed by atoms with E-state index < -0.39 is 0 Å². The van der Waals surface area contributed by atoms with E-state index in [1.807, 2.05) is 0 Å². The fourth-order valence-electron chi connectivity index (χ4n) is 11.3. The summed E-state index contributed by atoms with van der Waals surface area (Å²) in [7, 11) is 0. The van der Waals surface area contributed by atoms with E-state index in [1.165, 1.54) is 19.3 Å². The predicted octanol–water partition coefficient (Wildman–Crippen LogP) is 6.83. The van der Waals surface area contributed by atoms with Crippen LogP contribution in [0.3, 0.4) is 0 Å². The van der Waals surface area contributed by atoms with Crippen LogP contribution >= 0.6 is 0 Å². The van der Waals surface area contributed by atoms with Gasteiger partial charge in [0.15, 0.2) is 0 Å². The van der Waals surface area contributed by atoms with E-state index in [4.69, 9.17) is 6.42 Å². The first-order valence-electron chi connectivity index (χ1n) is 14.0. The highest BCUT2D eigenvalue weighted by atomic mass is 16.3. The molecule has 10 atom stereocenters. The molecule has 0 aromatic carbocycles. The zero-order valence-electron chi connectivity index (χ0n) is 22.5. The van der Waals surface area contributed by atoms with Crippen LogP contribution in [-0.4, -0.2) is 22.4 Å². The Morgan fingerprint density at radius 1 is 0.758 bits per heavy atom. The molecule has 0 bridgehead atoms. The Kier molecular flexibility index (Phi) is 5.16. The van der Waals surface area contributed by atoms with Crippen molar-refractivity contribution in [3.63, 3.8) is 0 Å². The van der Waals surface area contributed by atoms with E-state index in [0.29, 0.717) is 29.1 Å². The molecule has 2 heteroatoms. The first-order valence-corrected chi connectivity index (χ1v) is 14.0. The molecule has 0 heterocycles. The quantitative estimate of drug-likeness (QED) is 0.394. The average molecular weight is 455 g/mol. The summed E-state index contributed by atoms with van der Waals surface area (Å²) in [6.07, 6.45) is 17.0. The third kappa shape index (κ3) is 2.94. The molecular formula is C31H50O2. The van der Waals surface area contributed by atoms with Gasteiger partial charge in [0.2, 0.25) is 0 Å². The SMILES string of the molecule is C#C[C@]12CCC(C)(C)C[C@H]1[C@H]1[C@H](O)C[C@@H]3[C@@]4(C)CC[C@H](O)C(C)(C)[C@@H]4CC[C@@]3(C)[C@]1(C)CC2. The van der Waals surface area contributed by atoms with Gasteiger partial charge in [0.25, 0.3) is 0 Å². The molecule has 0 saturated heterocycles. The van der Waals surface area contributed by atoms with Crippen LogP contribution in [0.1, 0.15) is 113 Å². The molecule has 33 heavy (non-hydrogen) atoms. The minimum atomic E-state index is -0.259. The van der Waals surface area contributed by atoms with Crippen LogP contribution in [0, 0.1) is 68.5 Å². The molecule has 5 aliphatic rings. The molecule has 186 valence electrons. The second kappa shape index (κ2) is 7.03. The Hall–Kier alpha value is -0.520. The van der Waals surface area contributed by atoms with Gasteiger partial charge in [-0.05, 0) is 115 Å². The average Bonchev–Trinajstić information content (AvgIpc) is 2.72. The first kappa shape index (κ1) is 24.2. The Bertz CT molecular complexity index is 851. The smallest absolute Gasteiger partial charge is 0.0594 e. The zero-order valence-corrected chi connectivity index (χ0v) is 22.5. The van der Waals surface area contributed by atoms with Crippen LogP contribution in [0.25, 0.3) is 0 Å². The summed E-state index contributed by atoms with van der Waals surface area (Å²) in [5.74, 6) is 5.13. The molecule has 5 aliphatic carbocycles. The number of rotatable bonds is 0. The maximum absolute atomic E-state index is 12.0. The summed E-state index contributed by atoms with van der Waals surface area (Å²) in [6, 6.07) is 0. The summed E-state index contributed by atoms with van der Waals surface area (Å²) in [4.78, 5) is 0. The van der Waals surface area contributed by atoms with Crippen molar-refractivity contribution in [2.45, 2.75) is 125 Å². The molecule has 2 nitrogen and oxygen atoms in total. The van der Waals surface area contributed by atoms with Crippen molar-refractivity contribution in [2.75, 3.05) is 0 Å². The Labute approximate surface area is 203 Å². The largest absolute Gasteiger partial charge is 0.393 e. The van der Waals surface area contributed by atoms with Gasteiger partial charge in [0.1, 0.15) is 0 Å². The Morgan fingerprint density at radius 2 is 1.42 bits per heavy atom. The van der Waals surface area contributed by atoms with Crippen LogP contribution in [0.15, 0.2) is 0 Å². The molecule has 5 rings (SSSR count). The Balaban J connectivity index is 1.58. The molecular weight excluding hydrogens is 404 g/mol. The molecule has 0 amide bonds. The predicted molar refractivity (Wildman–Crippen MR) is 135 cm³/mol. The van der Waals surface area contributed by atoms with Gasteiger partial charge in [-0.2, -0.15) is 0 Å². The molecule has 5 saturated carbocycles. The van der Waals surface area contributed by atoms with Crippen molar-refractivity contribution >= 4 is 0 Å². The standard InChI is InChI=1S/C31H50O2/c1-9-31-16-14-26(2,3)19-20(31)25-21(32)18-23-28(6)12-11-24(33)27(4,5)22(28)10-13-29(23,7)30(25,8)15-17-31/h1,20-25,32-33H,10-19H2,2-8H3/t20-,21+,22-,23+,24-,25-,28-,29+,30+,31+/m0/s1. The van der Waals surface area contributed by atoms with Crippen molar-refractivity contribution in [3.05, 3.63) is 0 Å². The van der Waals surface area contributed by atoms with E-state index in [0.717, 1.165) is 44.9 Å². The lowest BCUT2D eigenvalue weighted by molar-refractivity contribution is -0.274. The van der Waals surface area contributed by atoms with Gasteiger partial charge in [-0.25, -0.2) is 0 Å². The number of aliphatic hydroxyl groups is 2. The lowest BCUT2D eigenvalue weighted by Crippen LogP contribution is -2.69. The number of hydrogen-bond donors (Lipinski definition) is 2. The van der Waals surface area contributed by atoms with Gasteiger partial charge in [-0.3, -0.25) is 0 Å². The van der Waals surface area contributed by atoms with Crippen molar-refractivity contribution in [1.29, 1.82) is 0 Å². The number of aliphatic hydroxyl groups excluding tert-OH is 2. The topological polar surface area (TPSA) is 40.5 Å². The van der Waals surface area contributed by atoms with Crippen molar-refractivity contribution < 1.29 is 10.2 Å². The normalized spacial score (nSPS) is 57.0. The van der Waals surface area contributed by atoms with E-state index in [1.54, 1.807) is 0 Å². The third-order valence-electron chi connectivity index (χ3n) is 13.5. The maximum atomic E-state index is 12.0. The lowest BCUT2D eigenvalue weighted by Gasteiger charge is -2.74. The van der Waals surface area contributed by atoms with Gasteiger partial charge in [0.05, 0.1) is 12.2 Å². The maximum Gasteiger partial charge on any atom is 0.0594 e. The molecule has 0 aromatic heterocycles. The number of hydrogen-bond acceptors (Lipinski definition) is 2. The van der Waals surface area contributed by atoms with Crippen LogP contribution in [-0.2, 0) is 0 Å². The molecule has 0 radical (unpaired) electrons. The molecule has 0 aliphatic heterocycles. The molecule has 2 N–H and O–H groups in total. The Morgan fingerprint density at radius 3 is 2.09 bits per heavy atom. The van der Waals surface area contributed by atoms with Crippen LogP contribution < -0.4 is 0 Å². The number of fused-ring (bicyclic) bond motifs is 7. The van der Waals surface area contributed by atoms with E-state index in [-0.39, 0.29) is 39.3 Å². The summed E-state index contributed by atoms with van der Waals surface area (Å²) in [5, 5.41) is 22.9. The highest BCUT2D eigenvalue weighted by Gasteiger charge is 2.71. The lowest BCUT2D eigenvalue weighted by atomic mass is 9.31. The first-order chi connectivity index (χ1) is 15.2. The second-order valence-corrected chi connectivity index (χ2v) is 15.5. The molecule has 0 unspecified atom stereocenters. The zero-order chi connectivity index (χ0) is 24.2. The molecule has 0 aromatic rings. The van der Waals surface area contributed by atoms with Crippen molar-refractivity contribution in [2.24, 2.45) is 56.2 Å². The molecule has 5 fully saturated rings. The van der Waals surface area contributed by atoms with E-state index in [2.05, 4.69) is 54.4 Å². The van der Waals surface area contributed by atoms with Crippen molar-refractivity contribution in [3.8, 4) is 12.3 Å². The van der Waals surface area contributed by atoms with E-state index in [9.17, 15) is 10.2 Å². The van der Waals surface area contributed by atoms with E-state index >= 15 is 0 Å². The van der Waals surface area contributed by atoms with Crippen LogP contribution in [0.5, 0.6) is 0 Å². The molecule has 0 spiro atoms. The second-order valence-electron chi connectivity index (χ2n) is 15.5. The van der Waals surface area contributed by atoms with Gasteiger partial charge in [0, 0.05) is 5.41 Å². The minimum absolute atomic E-state index is 0.0120. The fourth-order valence-corrected chi connectivity index (χ4v) is 11.3. The monoisotopic (exact) mass is 454 g/mol. The summed E-state index contributed by atoms with van der Waals surface area (Å²) in [5.41, 5.74) is 0.799. The van der Waals surface area contributed by atoms with Gasteiger partial charge < -0.3 is 10.2 Å². The highest BCUT2D eigenvalue weighted by Crippen LogP contribution is 2.76. The van der Waals surface area contributed by atoms with Crippen LogP contribution in [0.2, 0.25) is 0 Å². The van der Waals surface area contributed by atoms with Crippen molar-refractivity contribution in [1.82, 2.24) is 0 Å². The highest BCUT2D eigenvalue weighted by molar-refractivity contribution is 5.24. The summed E-state index contributed by atoms with van der Waals surface area (Å²) >= 11 is 0. The van der Waals surface area contributed by atoms with Crippen LogP contribution in [0.4, 0.5) is 0 Å². The number of terminal acetylenes is 1. The third-order valence-corrected chi connectivity index (χ3v) is 13.5. The minimum Gasteiger partial charge on any atom is -0.393 e. The van der Waals surface area contributed by atoms with Gasteiger partial charge in [-0.15, -0.1) is 6.42 Å². The summed E-state index contributed by atoms with van der Waals surface area (Å²) in [6.45, 7) is 17.1. The van der Waals surface area contributed by atoms with Gasteiger partial charge in [-0.1, -0.05) is 54.4 Å².